The number of anilines is 1. The third-order valence-electron chi connectivity index (χ3n) is 1.72. The van der Waals surface area contributed by atoms with E-state index in [-0.39, 0.29) is 5.82 Å². The summed E-state index contributed by atoms with van der Waals surface area (Å²) in [6.07, 6.45) is 1.25. The zero-order chi connectivity index (χ0) is 10.7. The molecule has 0 aliphatic carbocycles. The summed E-state index contributed by atoms with van der Waals surface area (Å²) in [5.41, 5.74) is 5.84. The predicted octanol–water partition coefficient (Wildman–Crippen LogP) is 2.08. The van der Waals surface area contributed by atoms with Gasteiger partial charge in [-0.05, 0) is 18.2 Å². The lowest BCUT2D eigenvalue weighted by molar-refractivity contribution is 0.412. The van der Waals surface area contributed by atoms with Crippen molar-refractivity contribution in [3.8, 4) is 0 Å². The van der Waals surface area contributed by atoms with E-state index in [1.165, 1.54) is 24.2 Å². The second-order valence-corrected chi connectivity index (χ2v) is 3.84. The lowest BCUT2D eigenvalue weighted by atomic mass is 10.3. The van der Waals surface area contributed by atoms with Crippen LogP contribution >= 0.6 is 11.8 Å². The fourth-order valence-electron chi connectivity index (χ4n) is 1.03. The molecule has 0 unspecified atom stereocenters. The standard InChI is InChI=1S/C9H8FN3OS/c10-7-3-6(11)1-2-8(7)15-4-9-12-5-14-13-9/h1-3,5H,4,11H2. The number of halogens is 1. The summed E-state index contributed by atoms with van der Waals surface area (Å²) >= 11 is 1.30. The molecule has 0 radical (unpaired) electrons. The van der Waals surface area contributed by atoms with Gasteiger partial charge in [-0.15, -0.1) is 11.8 Å². The second kappa shape index (κ2) is 4.31. The Hall–Kier alpha value is -1.56. The largest absolute Gasteiger partial charge is 0.399 e. The molecular weight excluding hydrogens is 217 g/mol. The van der Waals surface area contributed by atoms with Crippen LogP contribution in [0, 0.1) is 5.82 Å². The quantitative estimate of drug-likeness (QED) is 0.640. The third-order valence-corrected chi connectivity index (χ3v) is 2.76. The first kappa shape index (κ1) is 9.97. The van der Waals surface area contributed by atoms with Gasteiger partial charge >= 0.3 is 0 Å². The molecule has 0 saturated heterocycles. The highest BCUT2D eigenvalue weighted by atomic mass is 32.2. The Kier molecular flexibility index (Phi) is 2.86. The monoisotopic (exact) mass is 225 g/mol. The van der Waals surface area contributed by atoms with Crippen molar-refractivity contribution >= 4 is 17.4 Å². The lowest BCUT2D eigenvalue weighted by Crippen LogP contribution is -1.89. The van der Waals surface area contributed by atoms with E-state index in [1.54, 1.807) is 12.1 Å². The van der Waals surface area contributed by atoms with E-state index >= 15 is 0 Å². The number of nitrogens with two attached hydrogens (primary N) is 1. The summed E-state index contributed by atoms with van der Waals surface area (Å²) in [7, 11) is 0. The Morgan fingerprint density at radius 2 is 2.33 bits per heavy atom. The molecule has 0 aliphatic heterocycles. The zero-order valence-electron chi connectivity index (χ0n) is 7.68. The molecule has 0 bridgehead atoms. The van der Waals surface area contributed by atoms with Crippen molar-refractivity contribution in [3.05, 3.63) is 36.2 Å². The van der Waals surface area contributed by atoms with Gasteiger partial charge in [0.1, 0.15) is 5.82 Å². The maximum Gasteiger partial charge on any atom is 0.213 e. The molecule has 15 heavy (non-hydrogen) atoms. The molecule has 0 atom stereocenters. The Morgan fingerprint density at radius 3 is 3.00 bits per heavy atom. The molecule has 0 saturated carbocycles. The second-order valence-electron chi connectivity index (χ2n) is 2.83. The van der Waals surface area contributed by atoms with Crippen molar-refractivity contribution in [2.45, 2.75) is 10.6 Å². The SMILES string of the molecule is Nc1ccc(SCc2ncon2)c(F)c1. The maximum absolute atomic E-state index is 13.3. The minimum Gasteiger partial charge on any atom is -0.399 e. The van der Waals surface area contributed by atoms with Gasteiger partial charge in [-0.1, -0.05) is 5.16 Å². The number of thioether (sulfide) groups is 1. The van der Waals surface area contributed by atoms with E-state index in [0.717, 1.165) is 0 Å². The van der Waals surface area contributed by atoms with Gasteiger partial charge in [0.25, 0.3) is 0 Å². The van der Waals surface area contributed by atoms with Crippen LogP contribution in [0.3, 0.4) is 0 Å². The van der Waals surface area contributed by atoms with Gasteiger partial charge in [0, 0.05) is 10.6 Å². The molecule has 6 heteroatoms. The van der Waals surface area contributed by atoms with Gasteiger partial charge in [-0.3, -0.25) is 0 Å². The van der Waals surface area contributed by atoms with Crippen LogP contribution in [0.15, 0.2) is 34.0 Å². The van der Waals surface area contributed by atoms with E-state index in [9.17, 15) is 4.39 Å². The average Bonchev–Trinajstić information content (AvgIpc) is 2.69. The van der Waals surface area contributed by atoms with Crippen LogP contribution in [-0.2, 0) is 5.75 Å². The van der Waals surface area contributed by atoms with Crippen LogP contribution in [0.1, 0.15) is 5.82 Å². The molecule has 0 fully saturated rings. The smallest absolute Gasteiger partial charge is 0.213 e. The van der Waals surface area contributed by atoms with Crippen molar-refractivity contribution in [1.29, 1.82) is 0 Å². The molecule has 2 N–H and O–H groups in total. The Labute approximate surface area is 89.7 Å². The van der Waals surface area contributed by atoms with Gasteiger partial charge in [0.2, 0.25) is 6.39 Å². The van der Waals surface area contributed by atoms with Crippen LogP contribution in [0.4, 0.5) is 10.1 Å². The normalized spacial score (nSPS) is 10.5. The minimum atomic E-state index is -0.330. The van der Waals surface area contributed by atoms with E-state index in [0.29, 0.717) is 22.2 Å². The molecule has 0 amide bonds. The fraction of sp³-hybridized carbons (Fsp3) is 0.111. The number of hydrogen-bond donors (Lipinski definition) is 1. The van der Waals surface area contributed by atoms with E-state index in [1.807, 2.05) is 0 Å². The van der Waals surface area contributed by atoms with Crippen LogP contribution in [-0.4, -0.2) is 10.1 Å². The van der Waals surface area contributed by atoms with Crippen molar-refractivity contribution in [1.82, 2.24) is 10.1 Å². The number of nitrogens with zero attached hydrogens (tertiary/aromatic N) is 2. The van der Waals surface area contributed by atoms with E-state index in [2.05, 4.69) is 14.7 Å². The summed E-state index contributed by atoms with van der Waals surface area (Å²) in [5.74, 6) is 0.678. The molecule has 1 aromatic heterocycles. The Bertz CT molecular complexity index is 447. The number of nitrogen functional groups attached to an aromatic ring is 1. The molecule has 0 aliphatic rings. The molecular formula is C9H8FN3OS. The fourth-order valence-corrected chi connectivity index (χ4v) is 1.81. The van der Waals surface area contributed by atoms with Crippen LogP contribution in [0.2, 0.25) is 0 Å². The van der Waals surface area contributed by atoms with Gasteiger partial charge < -0.3 is 10.3 Å². The molecule has 0 spiro atoms. The van der Waals surface area contributed by atoms with E-state index < -0.39 is 0 Å². The van der Waals surface area contributed by atoms with Crippen LogP contribution in [0.5, 0.6) is 0 Å². The van der Waals surface area contributed by atoms with Gasteiger partial charge in [-0.2, -0.15) is 4.98 Å². The summed E-state index contributed by atoms with van der Waals surface area (Å²) in [4.78, 5) is 4.35. The first-order chi connectivity index (χ1) is 7.25. The Morgan fingerprint density at radius 1 is 1.47 bits per heavy atom. The van der Waals surface area contributed by atoms with Crippen LogP contribution in [0.25, 0.3) is 0 Å². The number of hydrogen-bond acceptors (Lipinski definition) is 5. The number of benzene rings is 1. The summed E-state index contributed by atoms with van der Waals surface area (Å²) in [6.45, 7) is 0. The molecule has 1 heterocycles. The summed E-state index contributed by atoms with van der Waals surface area (Å²) in [5, 5.41) is 3.62. The minimum absolute atomic E-state index is 0.330. The topological polar surface area (TPSA) is 64.9 Å². The van der Waals surface area contributed by atoms with Crippen molar-refractivity contribution in [2.24, 2.45) is 0 Å². The molecule has 2 aromatic rings. The van der Waals surface area contributed by atoms with Crippen molar-refractivity contribution in [2.75, 3.05) is 5.73 Å². The molecule has 2 rings (SSSR count). The molecule has 1 aromatic carbocycles. The highest BCUT2D eigenvalue weighted by Crippen LogP contribution is 2.25. The van der Waals surface area contributed by atoms with Crippen molar-refractivity contribution < 1.29 is 8.91 Å². The first-order valence-electron chi connectivity index (χ1n) is 4.19. The Balaban J connectivity index is 2.05. The molecule has 78 valence electrons. The number of rotatable bonds is 3. The van der Waals surface area contributed by atoms with Gasteiger partial charge in [0.15, 0.2) is 5.82 Å². The first-order valence-corrected chi connectivity index (χ1v) is 5.17. The lowest BCUT2D eigenvalue weighted by Gasteiger charge is -2.01. The summed E-state index contributed by atoms with van der Waals surface area (Å²) in [6, 6.07) is 4.58. The maximum atomic E-state index is 13.3. The van der Waals surface area contributed by atoms with Crippen molar-refractivity contribution in [3.63, 3.8) is 0 Å². The zero-order valence-corrected chi connectivity index (χ0v) is 8.50. The third kappa shape index (κ3) is 2.47. The average molecular weight is 225 g/mol. The van der Waals surface area contributed by atoms with Crippen LogP contribution < -0.4 is 5.73 Å². The predicted molar refractivity (Wildman–Crippen MR) is 54.7 cm³/mol. The number of aromatic nitrogens is 2. The van der Waals surface area contributed by atoms with Gasteiger partial charge in [-0.25, -0.2) is 4.39 Å². The summed E-state index contributed by atoms with van der Waals surface area (Å²) < 4.78 is 17.9. The van der Waals surface area contributed by atoms with Gasteiger partial charge in [0.05, 0.1) is 5.75 Å². The highest BCUT2D eigenvalue weighted by Gasteiger charge is 2.05. The highest BCUT2D eigenvalue weighted by molar-refractivity contribution is 7.98. The van der Waals surface area contributed by atoms with E-state index in [4.69, 9.17) is 5.73 Å². The molecule has 4 nitrogen and oxygen atoms in total.